The van der Waals surface area contributed by atoms with Crippen LogP contribution in [0, 0.1) is 33.0 Å². The number of ether oxygens (including phenoxy) is 2. The van der Waals surface area contributed by atoms with Crippen LogP contribution in [0.1, 0.15) is 149 Å². The Morgan fingerprint density at radius 3 is 0.973 bits per heavy atom. The summed E-state index contributed by atoms with van der Waals surface area (Å²) in [6.07, 6.45) is 22.7. The summed E-state index contributed by atoms with van der Waals surface area (Å²) in [6.45, 7) is 11.7. The van der Waals surface area contributed by atoms with Crippen molar-refractivity contribution in [3.63, 3.8) is 0 Å². The third-order valence-corrected chi connectivity index (χ3v) is 16.4. The predicted molar refractivity (Wildman–Crippen MR) is 266 cm³/mol. The zero-order chi connectivity index (χ0) is 53.2. The molecule has 0 fully saturated rings. The van der Waals surface area contributed by atoms with Crippen molar-refractivity contribution in [2.75, 3.05) is 13.2 Å². The molecule has 0 amide bonds. The quantitative estimate of drug-likeness (QED) is 0.0244. The fourth-order valence-electron chi connectivity index (χ4n) is 6.79. The number of rotatable bonds is 30. The summed E-state index contributed by atoms with van der Waals surface area (Å²) in [4.78, 5) is 0. The molecular formula is C53H78F12I2O4P2. The van der Waals surface area contributed by atoms with E-state index in [4.69, 9.17) is 9.47 Å². The van der Waals surface area contributed by atoms with Crippen LogP contribution in [-0.4, -0.2) is 35.6 Å². The Bertz CT molecular complexity index is 1870. The Hall–Kier alpha value is -2.12. The largest absolute Gasteiger partial charge is 1.00 e. The maximum Gasteiger partial charge on any atom is -1.00 e. The van der Waals surface area contributed by atoms with Gasteiger partial charge in [-0.2, -0.15) is 0 Å². The second-order valence-electron chi connectivity index (χ2n) is 17.7. The van der Waals surface area contributed by atoms with Crippen LogP contribution >= 0.6 is 16.3 Å². The van der Waals surface area contributed by atoms with E-state index in [2.05, 4.69) is 113 Å². The molecule has 422 valence electrons. The first kappa shape index (κ1) is 73.0. The summed E-state index contributed by atoms with van der Waals surface area (Å²) in [5.74, 6) is 2.28. The smallest absolute Gasteiger partial charge is 1.00 e. The molecule has 4 aromatic rings. The molecule has 4 unspecified atom stereocenters. The molecule has 2 N–H and O–H groups in total. The summed E-state index contributed by atoms with van der Waals surface area (Å²) in [7, 11) is -17.1. The molecule has 0 aliphatic heterocycles. The van der Waals surface area contributed by atoms with Crippen LogP contribution in [0.3, 0.4) is 0 Å². The Labute approximate surface area is 448 Å². The topological polar surface area (TPSA) is 58.9 Å². The average Bonchev–Trinajstić information content (AvgIpc) is 3.29. The molecular weight excluding hydrogens is 1240 g/mol. The van der Waals surface area contributed by atoms with E-state index in [1.54, 1.807) is 0 Å². The maximum atomic E-state index is 10.4. The number of unbranched alkanes of at least 4 members (excludes halogenated alkanes) is 14. The van der Waals surface area contributed by atoms with Crippen molar-refractivity contribution in [3.05, 3.63) is 123 Å². The van der Waals surface area contributed by atoms with E-state index in [1.165, 1.54) is 123 Å². The van der Waals surface area contributed by atoms with E-state index in [1.807, 2.05) is 24.3 Å². The van der Waals surface area contributed by atoms with Gasteiger partial charge in [0, 0.05) is 0 Å². The molecule has 0 bridgehead atoms. The number of hydrogen-bond donors (Lipinski definition) is 2. The summed E-state index contributed by atoms with van der Waals surface area (Å²) >= 11 is -0.289. The molecule has 0 aliphatic carbocycles. The van der Waals surface area contributed by atoms with Crippen molar-refractivity contribution in [1.82, 2.24) is 0 Å². The molecule has 0 aliphatic rings. The molecule has 4 aromatic carbocycles. The number of aliphatic hydroxyl groups excluding tert-OH is 2. The standard InChI is InChI=1S/C27H40IO2.C26H38IO2.2F5P.2FH/c1-4-5-6-7-8-9-10-11-12-23(3)27(29)21-30-26-19-17-25(18-20-26)28-24-15-13-22(2)14-16-24;1-3-4-5-6-7-8-9-11-14-22(2)26(28)21-29-25-19-17-24(18-20-25)27-23-15-12-10-13-16-23;2*1-6(2,3,4)5;;/h13-20,23,27,29H,4-12,21H2,1-3H3;10,12-13,15-20,22,26,28H,3-9,11,14,21H2,1-2H3;;;2*1H/q2*+1;;;;/p-2. The molecule has 0 spiro atoms. The van der Waals surface area contributed by atoms with Crippen molar-refractivity contribution in [1.29, 1.82) is 0 Å². The third-order valence-electron chi connectivity index (χ3n) is 11.0. The second kappa shape index (κ2) is 39.3. The molecule has 4 atom stereocenters. The van der Waals surface area contributed by atoms with Gasteiger partial charge in [0.1, 0.15) is 24.7 Å². The average molecular weight is 1320 g/mol. The molecule has 0 aromatic heterocycles. The van der Waals surface area contributed by atoms with Gasteiger partial charge in [-0.15, -0.1) is 0 Å². The number of aliphatic hydroxyl groups is 2. The van der Waals surface area contributed by atoms with E-state index in [-0.39, 0.29) is 57.7 Å². The van der Waals surface area contributed by atoms with Crippen molar-refractivity contribution in [2.45, 2.75) is 162 Å². The van der Waals surface area contributed by atoms with Crippen molar-refractivity contribution < 1.29 is 113 Å². The minimum atomic E-state index is -8.55. The monoisotopic (exact) mass is 1320 g/mol. The van der Waals surface area contributed by atoms with Gasteiger partial charge in [-0.3, -0.25) is 0 Å². The van der Waals surface area contributed by atoms with Gasteiger partial charge in [-0.1, -0.05) is 166 Å². The van der Waals surface area contributed by atoms with Gasteiger partial charge in [0.2, 0.25) is 0 Å². The molecule has 20 heteroatoms. The van der Waals surface area contributed by atoms with Gasteiger partial charge in [0.25, 0.3) is 0 Å². The maximum absolute atomic E-state index is 10.4. The van der Waals surface area contributed by atoms with Crippen LogP contribution in [0.2, 0.25) is 0 Å². The molecule has 0 radical (unpaired) electrons. The van der Waals surface area contributed by atoms with Gasteiger partial charge in [-0.25, -0.2) is 0 Å². The SMILES string of the molecule is CCCCCCCCCCC(C)C(O)COc1ccc([I+]c2ccc(C)cc2)cc1.CCCCCCCCCCC(C)C(O)COc1ccc([I+]c2ccccc2)cc1.FP(F)(F)(F)F.FP(F)(F)(F)F.[F-].[F-]. The number of benzene rings is 4. The van der Waals surface area contributed by atoms with Crippen LogP contribution < -0.4 is 61.3 Å². The van der Waals surface area contributed by atoms with Crippen LogP contribution in [0.25, 0.3) is 0 Å². The van der Waals surface area contributed by atoms with Crippen LogP contribution in [0.5, 0.6) is 11.5 Å². The van der Waals surface area contributed by atoms with Gasteiger partial charge in [0.05, 0.1) is 12.2 Å². The van der Waals surface area contributed by atoms with Crippen LogP contribution in [-0.2, 0) is 0 Å². The molecule has 4 rings (SSSR count). The fourth-order valence-corrected chi connectivity index (χ4v) is 11.2. The zero-order valence-corrected chi connectivity index (χ0v) is 48.8. The first-order valence-electron chi connectivity index (χ1n) is 24.7. The van der Waals surface area contributed by atoms with Crippen LogP contribution in [0.15, 0.2) is 103 Å². The van der Waals surface area contributed by atoms with Crippen molar-refractivity contribution in [2.24, 2.45) is 11.8 Å². The van der Waals surface area contributed by atoms with Gasteiger partial charge >= 0.3 is 101 Å². The molecule has 4 nitrogen and oxygen atoms in total. The van der Waals surface area contributed by atoms with Gasteiger partial charge in [0.15, 0.2) is 14.3 Å². The second-order valence-corrected chi connectivity index (χ2v) is 26.3. The zero-order valence-electron chi connectivity index (χ0n) is 42.7. The number of aryl methyl sites for hydroxylation is 1. The Morgan fingerprint density at radius 2 is 0.671 bits per heavy atom. The minimum absolute atomic E-state index is 0. The minimum Gasteiger partial charge on any atom is -1.00 e. The van der Waals surface area contributed by atoms with Crippen LogP contribution in [0.4, 0.5) is 42.0 Å². The van der Waals surface area contributed by atoms with E-state index >= 15 is 0 Å². The number of hydrogen-bond acceptors (Lipinski definition) is 4. The fraction of sp³-hybridized carbons (Fsp3) is 0.547. The molecule has 73 heavy (non-hydrogen) atoms. The Morgan fingerprint density at radius 1 is 0.411 bits per heavy atom. The van der Waals surface area contributed by atoms with Crippen molar-refractivity contribution >= 4 is 16.3 Å². The van der Waals surface area contributed by atoms with Gasteiger partial charge in [-0.05, 0) is 104 Å². The van der Waals surface area contributed by atoms with E-state index < -0.39 is 28.5 Å². The van der Waals surface area contributed by atoms with Crippen molar-refractivity contribution in [3.8, 4) is 11.5 Å². The molecule has 0 heterocycles. The first-order valence-corrected chi connectivity index (χ1v) is 32.4. The molecule has 0 saturated carbocycles. The van der Waals surface area contributed by atoms with Gasteiger partial charge < -0.3 is 29.1 Å². The Kier molecular flexibility index (Phi) is 39.2. The summed E-state index contributed by atoms with van der Waals surface area (Å²) < 4.78 is 116. The molecule has 0 saturated heterocycles. The summed E-state index contributed by atoms with van der Waals surface area (Å²) in [5.41, 5.74) is 1.31. The Balaban J connectivity index is 0. The van der Waals surface area contributed by atoms with E-state index in [0.717, 1.165) is 24.3 Å². The van der Waals surface area contributed by atoms with E-state index in [9.17, 15) is 52.2 Å². The summed E-state index contributed by atoms with van der Waals surface area (Å²) in [5, 5.41) is 20.8. The number of halogens is 14. The van der Waals surface area contributed by atoms with E-state index in [0.29, 0.717) is 19.1 Å². The predicted octanol–water partition coefficient (Wildman–Crippen LogP) is 7.68. The first-order chi connectivity index (χ1) is 33.2. The third kappa shape index (κ3) is 48.0. The summed E-state index contributed by atoms with van der Waals surface area (Å²) in [6, 6.07) is 36.3. The normalized spacial score (nSPS) is 13.8.